The van der Waals surface area contributed by atoms with Crippen molar-refractivity contribution in [1.29, 1.82) is 0 Å². The summed E-state index contributed by atoms with van der Waals surface area (Å²) in [5.41, 5.74) is 0. The van der Waals surface area contributed by atoms with Crippen molar-refractivity contribution in [3.05, 3.63) is 0 Å². The predicted octanol–water partition coefficient (Wildman–Crippen LogP) is 1.14. The van der Waals surface area contributed by atoms with E-state index in [9.17, 15) is 5.11 Å². The third-order valence-corrected chi connectivity index (χ3v) is 2.48. The number of hydrogen-bond acceptors (Lipinski definition) is 2. The highest BCUT2D eigenvalue weighted by molar-refractivity contribution is 4.87. The molecule has 0 unspecified atom stereocenters. The van der Waals surface area contributed by atoms with E-state index in [1.54, 1.807) is 0 Å². The van der Waals surface area contributed by atoms with Gasteiger partial charge in [0.05, 0.1) is 6.10 Å². The monoisotopic (exact) mass is 157 g/mol. The Morgan fingerprint density at radius 1 is 1.36 bits per heavy atom. The van der Waals surface area contributed by atoms with Gasteiger partial charge in [0, 0.05) is 12.1 Å². The Morgan fingerprint density at radius 2 is 2.00 bits per heavy atom. The third kappa shape index (κ3) is 2.17. The zero-order chi connectivity index (χ0) is 8.43. The standard InChI is InChI=1S/C9H19NO/c1-6(2)10-8-5-4-7(3)9(8)11/h6-11H,4-5H2,1-3H3/t7-,8-,9-/m1/s1. The van der Waals surface area contributed by atoms with Gasteiger partial charge in [-0.1, -0.05) is 20.8 Å². The zero-order valence-corrected chi connectivity index (χ0v) is 7.67. The average Bonchev–Trinajstić information content (AvgIpc) is 2.18. The molecule has 0 saturated heterocycles. The zero-order valence-electron chi connectivity index (χ0n) is 7.67. The van der Waals surface area contributed by atoms with Crippen LogP contribution in [0.3, 0.4) is 0 Å². The molecule has 0 amide bonds. The number of nitrogens with one attached hydrogen (secondary N) is 1. The molecule has 1 fully saturated rings. The molecule has 0 spiro atoms. The lowest BCUT2D eigenvalue weighted by molar-refractivity contribution is 0.110. The van der Waals surface area contributed by atoms with Crippen LogP contribution in [0.2, 0.25) is 0 Å². The van der Waals surface area contributed by atoms with E-state index in [0.29, 0.717) is 18.0 Å². The highest BCUT2D eigenvalue weighted by Crippen LogP contribution is 2.25. The van der Waals surface area contributed by atoms with E-state index in [0.717, 1.165) is 12.8 Å². The van der Waals surface area contributed by atoms with Crippen molar-refractivity contribution < 1.29 is 5.11 Å². The van der Waals surface area contributed by atoms with Gasteiger partial charge in [-0.15, -0.1) is 0 Å². The van der Waals surface area contributed by atoms with Crippen LogP contribution < -0.4 is 5.32 Å². The van der Waals surface area contributed by atoms with Crippen molar-refractivity contribution in [3.8, 4) is 0 Å². The molecule has 2 nitrogen and oxygen atoms in total. The number of aliphatic hydroxyl groups is 1. The van der Waals surface area contributed by atoms with E-state index < -0.39 is 0 Å². The molecule has 1 aliphatic rings. The first-order valence-corrected chi connectivity index (χ1v) is 4.55. The molecule has 1 saturated carbocycles. The smallest absolute Gasteiger partial charge is 0.0718 e. The molecule has 3 atom stereocenters. The molecule has 11 heavy (non-hydrogen) atoms. The van der Waals surface area contributed by atoms with Crippen molar-refractivity contribution in [1.82, 2.24) is 5.32 Å². The SMILES string of the molecule is CC(C)N[C@@H]1CC[C@@H](C)[C@H]1O. The van der Waals surface area contributed by atoms with E-state index in [2.05, 4.69) is 26.1 Å². The molecule has 0 aromatic heterocycles. The lowest BCUT2D eigenvalue weighted by Gasteiger charge is -2.20. The second-order valence-electron chi connectivity index (χ2n) is 3.97. The third-order valence-electron chi connectivity index (χ3n) is 2.48. The highest BCUT2D eigenvalue weighted by Gasteiger charge is 2.31. The van der Waals surface area contributed by atoms with Crippen molar-refractivity contribution in [2.24, 2.45) is 5.92 Å². The summed E-state index contributed by atoms with van der Waals surface area (Å²) in [6, 6.07) is 0.824. The van der Waals surface area contributed by atoms with Crippen molar-refractivity contribution in [3.63, 3.8) is 0 Å². The normalized spacial score (nSPS) is 38.5. The van der Waals surface area contributed by atoms with Gasteiger partial charge in [-0.05, 0) is 18.8 Å². The Kier molecular flexibility index (Phi) is 2.90. The van der Waals surface area contributed by atoms with E-state index in [-0.39, 0.29) is 6.10 Å². The van der Waals surface area contributed by atoms with Gasteiger partial charge in [-0.2, -0.15) is 0 Å². The number of aliphatic hydroxyl groups excluding tert-OH is 1. The number of rotatable bonds is 2. The summed E-state index contributed by atoms with van der Waals surface area (Å²) >= 11 is 0. The van der Waals surface area contributed by atoms with E-state index in [1.165, 1.54) is 0 Å². The lowest BCUT2D eigenvalue weighted by atomic mass is 10.1. The Balaban J connectivity index is 2.36. The quantitative estimate of drug-likeness (QED) is 0.630. The van der Waals surface area contributed by atoms with Gasteiger partial charge < -0.3 is 10.4 Å². The van der Waals surface area contributed by atoms with Gasteiger partial charge in [0.1, 0.15) is 0 Å². The first-order chi connectivity index (χ1) is 5.11. The van der Waals surface area contributed by atoms with Gasteiger partial charge in [-0.25, -0.2) is 0 Å². The first kappa shape index (κ1) is 9.01. The average molecular weight is 157 g/mol. The van der Waals surface area contributed by atoms with E-state index >= 15 is 0 Å². The summed E-state index contributed by atoms with van der Waals surface area (Å²) in [4.78, 5) is 0. The van der Waals surface area contributed by atoms with Crippen LogP contribution in [0, 0.1) is 5.92 Å². The molecule has 0 aromatic rings. The first-order valence-electron chi connectivity index (χ1n) is 4.55. The van der Waals surface area contributed by atoms with Gasteiger partial charge in [-0.3, -0.25) is 0 Å². The molecule has 0 aromatic carbocycles. The summed E-state index contributed by atoms with van der Waals surface area (Å²) < 4.78 is 0. The minimum atomic E-state index is -0.127. The van der Waals surface area contributed by atoms with E-state index in [1.807, 2.05) is 0 Å². The van der Waals surface area contributed by atoms with Crippen molar-refractivity contribution in [2.75, 3.05) is 0 Å². The van der Waals surface area contributed by atoms with Crippen LogP contribution >= 0.6 is 0 Å². The largest absolute Gasteiger partial charge is 0.391 e. The molecule has 0 radical (unpaired) electrons. The fourth-order valence-electron chi connectivity index (χ4n) is 1.79. The van der Waals surface area contributed by atoms with E-state index in [4.69, 9.17) is 0 Å². The molecule has 0 bridgehead atoms. The molecule has 0 aliphatic heterocycles. The molecule has 2 N–H and O–H groups in total. The Morgan fingerprint density at radius 3 is 2.36 bits per heavy atom. The number of hydrogen-bond donors (Lipinski definition) is 2. The highest BCUT2D eigenvalue weighted by atomic mass is 16.3. The van der Waals surface area contributed by atoms with Gasteiger partial charge >= 0.3 is 0 Å². The minimum absolute atomic E-state index is 0.127. The van der Waals surface area contributed by atoms with Crippen LogP contribution in [-0.4, -0.2) is 23.3 Å². The van der Waals surface area contributed by atoms with Crippen LogP contribution in [0.25, 0.3) is 0 Å². The van der Waals surface area contributed by atoms with Gasteiger partial charge in [0.2, 0.25) is 0 Å². The second kappa shape index (κ2) is 3.55. The maximum Gasteiger partial charge on any atom is 0.0718 e. The van der Waals surface area contributed by atoms with Gasteiger partial charge in [0.15, 0.2) is 0 Å². The minimum Gasteiger partial charge on any atom is -0.391 e. The topological polar surface area (TPSA) is 32.3 Å². The maximum atomic E-state index is 9.64. The van der Waals surface area contributed by atoms with Gasteiger partial charge in [0.25, 0.3) is 0 Å². The summed E-state index contributed by atoms with van der Waals surface area (Å²) in [6.07, 6.45) is 2.16. The Hall–Kier alpha value is -0.0800. The summed E-state index contributed by atoms with van der Waals surface area (Å²) in [7, 11) is 0. The van der Waals surface area contributed by atoms with Crippen LogP contribution in [0.15, 0.2) is 0 Å². The molecule has 0 heterocycles. The van der Waals surface area contributed by atoms with Crippen molar-refractivity contribution in [2.45, 2.75) is 51.8 Å². The summed E-state index contributed by atoms with van der Waals surface area (Å²) in [6.45, 7) is 6.36. The maximum absolute atomic E-state index is 9.64. The second-order valence-corrected chi connectivity index (χ2v) is 3.97. The Bertz CT molecular complexity index is 125. The van der Waals surface area contributed by atoms with Crippen LogP contribution in [0.4, 0.5) is 0 Å². The lowest BCUT2D eigenvalue weighted by Crippen LogP contribution is -2.41. The fraction of sp³-hybridized carbons (Fsp3) is 1.00. The summed E-state index contributed by atoms with van der Waals surface area (Å²) in [5, 5.41) is 13.0. The molecule has 1 aliphatic carbocycles. The summed E-state index contributed by atoms with van der Waals surface area (Å²) in [5.74, 6) is 0.478. The van der Waals surface area contributed by atoms with Crippen LogP contribution in [0.5, 0.6) is 0 Å². The molecular formula is C9H19NO. The molecule has 2 heteroatoms. The van der Waals surface area contributed by atoms with Crippen molar-refractivity contribution >= 4 is 0 Å². The van der Waals surface area contributed by atoms with Crippen LogP contribution in [-0.2, 0) is 0 Å². The molecule has 1 rings (SSSR count). The molecular weight excluding hydrogens is 138 g/mol. The van der Waals surface area contributed by atoms with Crippen LogP contribution in [0.1, 0.15) is 33.6 Å². The Labute approximate surface area is 69.0 Å². The predicted molar refractivity (Wildman–Crippen MR) is 46.5 cm³/mol. The molecule has 66 valence electrons. The fourth-order valence-corrected chi connectivity index (χ4v) is 1.79.